The molecule has 0 N–H and O–H groups in total. The monoisotopic (exact) mass is 618 g/mol. The van der Waals surface area contributed by atoms with E-state index in [0.717, 1.165) is 33.8 Å². The maximum absolute atomic E-state index is 6.39. The van der Waals surface area contributed by atoms with Crippen molar-refractivity contribution in [2.45, 2.75) is 24.7 Å². The summed E-state index contributed by atoms with van der Waals surface area (Å²) in [5.74, 6) is 6.87. The highest BCUT2D eigenvalue weighted by Crippen LogP contribution is 2.59. The zero-order valence-corrected chi connectivity index (χ0v) is 27.1. The van der Waals surface area contributed by atoms with Crippen LogP contribution in [0.2, 0.25) is 0 Å². The molecular weight excluding hydrogens is 585 g/mol. The molecule has 0 amide bonds. The molecule has 0 heterocycles. The van der Waals surface area contributed by atoms with Gasteiger partial charge in [-0.15, -0.1) is 12.8 Å². The van der Waals surface area contributed by atoms with Crippen molar-refractivity contribution in [2.75, 3.05) is 13.2 Å². The molecule has 6 aromatic rings. The van der Waals surface area contributed by atoms with Gasteiger partial charge >= 0.3 is 0 Å². The molecule has 0 fully saturated rings. The van der Waals surface area contributed by atoms with Crippen LogP contribution >= 0.6 is 0 Å². The van der Waals surface area contributed by atoms with Gasteiger partial charge in [0.1, 0.15) is 24.7 Å². The van der Waals surface area contributed by atoms with E-state index in [2.05, 4.69) is 159 Å². The Morgan fingerprint density at radius 1 is 0.500 bits per heavy atom. The van der Waals surface area contributed by atoms with E-state index in [4.69, 9.17) is 22.3 Å². The summed E-state index contributed by atoms with van der Waals surface area (Å²) in [4.78, 5) is 0. The minimum Gasteiger partial charge on any atom is -0.481 e. The average molecular weight is 619 g/mol. The van der Waals surface area contributed by atoms with Crippen LogP contribution in [0.4, 0.5) is 0 Å². The second-order valence-electron chi connectivity index (χ2n) is 12.7. The topological polar surface area (TPSA) is 18.5 Å². The maximum atomic E-state index is 6.39. The summed E-state index contributed by atoms with van der Waals surface area (Å²) in [5.41, 5.74) is 13.3. The Hall–Kier alpha value is -5.96. The molecule has 0 bridgehead atoms. The molecule has 6 aromatic carbocycles. The van der Waals surface area contributed by atoms with Gasteiger partial charge in [-0.05, 0) is 93.2 Å². The minimum atomic E-state index is -0.615. The molecule has 0 saturated carbocycles. The van der Waals surface area contributed by atoms with Crippen molar-refractivity contribution >= 4 is 0 Å². The summed E-state index contributed by atoms with van der Waals surface area (Å²) in [5, 5.41) is 0. The molecule has 2 aliphatic carbocycles. The fourth-order valence-electron chi connectivity index (χ4n) is 8.33. The first kappa shape index (κ1) is 29.4. The van der Waals surface area contributed by atoms with Crippen molar-refractivity contribution in [3.63, 3.8) is 0 Å². The number of aryl methyl sites for hydroxylation is 1. The molecule has 0 spiro atoms. The van der Waals surface area contributed by atoms with Gasteiger partial charge in [0.05, 0.1) is 5.41 Å². The van der Waals surface area contributed by atoms with Crippen LogP contribution < -0.4 is 9.47 Å². The Morgan fingerprint density at radius 3 is 1.42 bits per heavy atom. The zero-order valence-electron chi connectivity index (χ0n) is 27.1. The number of hydrogen-bond donors (Lipinski definition) is 0. The van der Waals surface area contributed by atoms with E-state index in [1.54, 1.807) is 0 Å². The molecular formula is C46H34O2. The van der Waals surface area contributed by atoms with E-state index >= 15 is 0 Å². The summed E-state index contributed by atoms with van der Waals surface area (Å²) in [6.07, 6.45) is 11.3. The zero-order chi connectivity index (χ0) is 32.9. The third-order valence-corrected chi connectivity index (χ3v) is 10.4. The van der Waals surface area contributed by atoms with Crippen LogP contribution in [0.15, 0.2) is 133 Å². The fourth-order valence-corrected chi connectivity index (χ4v) is 8.33. The van der Waals surface area contributed by atoms with Crippen LogP contribution in [-0.2, 0) is 10.8 Å². The summed E-state index contributed by atoms with van der Waals surface area (Å²) >= 11 is 0. The van der Waals surface area contributed by atoms with Crippen LogP contribution in [0.1, 0.15) is 51.4 Å². The second kappa shape index (κ2) is 11.4. The lowest BCUT2D eigenvalue weighted by molar-refractivity contribution is 0.361. The Bertz CT molecular complexity index is 2220. The van der Waals surface area contributed by atoms with E-state index in [9.17, 15) is 0 Å². The van der Waals surface area contributed by atoms with Crippen molar-refractivity contribution in [3.8, 4) is 58.4 Å². The smallest absolute Gasteiger partial charge is 0.148 e. The Balaban J connectivity index is 1.46. The van der Waals surface area contributed by atoms with E-state index < -0.39 is 10.8 Å². The summed E-state index contributed by atoms with van der Waals surface area (Å²) in [7, 11) is 0. The Kier molecular flexibility index (Phi) is 6.98. The van der Waals surface area contributed by atoms with Crippen molar-refractivity contribution in [3.05, 3.63) is 178 Å². The lowest BCUT2D eigenvalue weighted by atomic mass is 9.65. The molecule has 8 rings (SSSR count). The predicted octanol–water partition coefficient (Wildman–Crippen LogP) is 9.72. The van der Waals surface area contributed by atoms with Crippen molar-refractivity contribution in [2.24, 2.45) is 0 Å². The normalized spacial score (nSPS) is 14.1. The third-order valence-electron chi connectivity index (χ3n) is 10.4. The van der Waals surface area contributed by atoms with Gasteiger partial charge in [-0.3, -0.25) is 0 Å². The van der Waals surface area contributed by atoms with Gasteiger partial charge < -0.3 is 9.47 Å². The lowest BCUT2D eigenvalue weighted by Crippen LogP contribution is -2.30. The van der Waals surface area contributed by atoms with Crippen molar-refractivity contribution < 1.29 is 9.47 Å². The highest BCUT2D eigenvalue weighted by molar-refractivity contribution is 5.87. The number of hydrogen-bond acceptors (Lipinski definition) is 2. The van der Waals surface area contributed by atoms with Gasteiger partial charge in [-0.1, -0.05) is 127 Å². The first-order valence-electron chi connectivity index (χ1n) is 16.3. The number of benzene rings is 6. The van der Waals surface area contributed by atoms with Gasteiger partial charge in [0.2, 0.25) is 0 Å². The molecule has 2 heteroatoms. The standard InChI is InChI=1S/C46H34O2/c1-5-27-47-43-25-23-32(29-31(43)3)46(40-21-13-9-17-36(40)37-18-10-14-22-41(37)46)33-24-26-44(48-28-6-2)42(30-33)45(4)38-19-11-7-15-34(38)35-16-8-12-20-39(35)45/h1-2,7-26,29-30H,27-28H2,3-4H3. The van der Waals surface area contributed by atoms with Crippen molar-refractivity contribution in [1.29, 1.82) is 0 Å². The van der Waals surface area contributed by atoms with E-state index in [1.165, 1.54) is 44.5 Å². The van der Waals surface area contributed by atoms with E-state index in [-0.39, 0.29) is 13.2 Å². The second-order valence-corrected chi connectivity index (χ2v) is 12.7. The molecule has 230 valence electrons. The van der Waals surface area contributed by atoms with Crippen LogP contribution in [0, 0.1) is 31.6 Å². The highest BCUT2D eigenvalue weighted by atomic mass is 16.5. The molecule has 0 radical (unpaired) electrons. The van der Waals surface area contributed by atoms with Gasteiger partial charge in [0.15, 0.2) is 0 Å². The maximum Gasteiger partial charge on any atom is 0.148 e. The number of ether oxygens (including phenoxy) is 2. The number of rotatable bonds is 7. The van der Waals surface area contributed by atoms with Crippen molar-refractivity contribution in [1.82, 2.24) is 0 Å². The van der Waals surface area contributed by atoms with E-state index in [0.29, 0.717) is 0 Å². The molecule has 0 aromatic heterocycles. The summed E-state index contributed by atoms with van der Waals surface area (Å²) < 4.78 is 12.3. The largest absolute Gasteiger partial charge is 0.481 e. The predicted molar refractivity (Wildman–Crippen MR) is 195 cm³/mol. The first-order chi connectivity index (χ1) is 23.5. The Morgan fingerprint density at radius 2 is 0.917 bits per heavy atom. The highest BCUT2D eigenvalue weighted by Gasteiger charge is 2.48. The van der Waals surface area contributed by atoms with E-state index in [1.807, 2.05) is 0 Å². The average Bonchev–Trinajstić information content (AvgIpc) is 3.58. The quantitative estimate of drug-likeness (QED) is 0.166. The molecule has 48 heavy (non-hydrogen) atoms. The molecule has 2 nitrogen and oxygen atoms in total. The first-order valence-corrected chi connectivity index (χ1v) is 16.3. The molecule has 0 unspecified atom stereocenters. The molecule has 0 saturated heterocycles. The van der Waals surface area contributed by atoms with Gasteiger partial charge in [-0.2, -0.15) is 0 Å². The van der Waals surface area contributed by atoms with Gasteiger partial charge in [0.25, 0.3) is 0 Å². The number of fused-ring (bicyclic) bond motifs is 6. The van der Waals surface area contributed by atoms with Crippen LogP contribution in [0.25, 0.3) is 22.3 Å². The molecule has 2 aliphatic rings. The molecule has 0 aliphatic heterocycles. The fraction of sp³-hybridized carbons (Fsp3) is 0.130. The van der Waals surface area contributed by atoms with Crippen LogP contribution in [0.3, 0.4) is 0 Å². The SMILES string of the molecule is C#CCOc1ccc(C2(c3ccc(OCC#C)c(C4(C)c5ccccc5-c5ccccc54)c3)c3ccccc3-c3ccccc32)cc1C. The van der Waals surface area contributed by atoms with Gasteiger partial charge in [-0.25, -0.2) is 0 Å². The minimum absolute atomic E-state index is 0.181. The summed E-state index contributed by atoms with van der Waals surface area (Å²) in [6, 6.07) is 48.3. The van der Waals surface area contributed by atoms with Crippen LogP contribution in [0.5, 0.6) is 11.5 Å². The van der Waals surface area contributed by atoms with Gasteiger partial charge in [0, 0.05) is 11.0 Å². The summed E-state index contributed by atoms with van der Waals surface area (Å²) in [6.45, 7) is 4.82. The van der Waals surface area contributed by atoms with Crippen LogP contribution in [-0.4, -0.2) is 13.2 Å². The number of terminal acetylenes is 2. The third kappa shape index (κ3) is 4.10. The molecule has 0 atom stereocenters. The Labute approximate surface area is 283 Å². The lowest BCUT2D eigenvalue weighted by Gasteiger charge is -2.37.